The van der Waals surface area contributed by atoms with Gasteiger partial charge in [-0.05, 0) is 6.42 Å². The van der Waals surface area contributed by atoms with Crippen molar-refractivity contribution in [3.8, 4) is 0 Å². The number of hydrogen-bond donors (Lipinski definition) is 1. The SMILES string of the molecule is C=CCC(C(=O)N(C)OC)N(C)C(=O)O. The van der Waals surface area contributed by atoms with Crippen LogP contribution < -0.4 is 0 Å². The minimum absolute atomic E-state index is 0.245. The average Bonchev–Trinajstić information content (AvgIpc) is 2.22. The molecule has 1 atom stereocenters. The van der Waals surface area contributed by atoms with Crippen LogP contribution in [-0.4, -0.2) is 54.3 Å². The summed E-state index contributed by atoms with van der Waals surface area (Å²) in [6.45, 7) is 3.48. The molecule has 0 heterocycles. The maximum atomic E-state index is 11.7. The molecule has 0 saturated carbocycles. The van der Waals surface area contributed by atoms with Gasteiger partial charge in [-0.3, -0.25) is 14.5 Å². The molecule has 0 aromatic heterocycles. The van der Waals surface area contributed by atoms with Crippen LogP contribution in [0.25, 0.3) is 0 Å². The van der Waals surface area contributed by atoms with Crippen LogP contribution in [0.15, 0.2) is 12.7 Å². The van der Waals surface area contributed by atoms with Crippen molar-refractivity contribution in [2.75, 3.05) is 21.2 Å². The van der Waals surface area contributed by atoms with Crippen molar-refractivity contribution >= 4 is 12.0 Å². The molecule has 0 aliphatic heterocycles. The molecule has 6 nitrogen and oxygen atoms in total. The second kappa shape index (κ2) is 6.02. The molecule has 15 heavy (non-hydrogen) atoms. The van der Waals surface area contributed by atoms with Crippen LogP contribution in [0.1, 0.15) is 6.42 Å². The fourth-order valence-corrected chi connectivity index (χ4v) is 1.02. The summed E-state index contributed by atoms with van der Waals surface area (Å²) in [5.41, 5.74) is 0. The van der Waals surface area contributed by atoms with Crippen LogP contribution >= 0.6 is 0 Å². The Bertz CT molecular complexity index is 254. The monoisotopic (exact) mass is 216 g/mol. The third-order valence-electron chi connectivity index (χ3n) is 2.03. The van der Waals surface area contributed by atoms with Gasteiger partial charge in [0, 0.05) is 14.1 Å². The van der Waals surface area contributed by atoms with E-state index >= 15 is 0 Å². The van der Waals surface area contributed by atoms with Crippen molar-refractivity contribution in [1.82, 2.24) is 9.96 Å². The molecule has 0 radical (unpaired) electrons. The van der Waals surface area contributed by atoms with E-state index in [1.54, 1.807) is 0 Å². The molecule has 0 bridgehead atoms. The number of carboxylic acid groups (broad SMARTS) is 1. The number of amides is 2. The Labute approximate surface area is 88.7 Å². The first-order valence-electron chi connectivity index (χ1n) is 4.34. The van der Waals surface area contributed by atoms with Crippen molar-refractivity contribution in [3.05, 3.63) is 12.7 Å². The van der Waals surface area contributed by atoms with E-state index in [1.165, 1.54) is 27.3 Å². The zero-order valence-corrected chi connectivity index (χ0v) is 9.14. The van der Waals surface area contributed by atoms with Gasteiger partial charge in [-0.15, -0.1) is 6.58 Å². The first kappa shape index (κ1) is 13.4. The average molecular weight is 216 g/mol. The van der Waals surface area contributed by atoms with Crippen LogP contribution in [0.2, 0.25) is 0 Å². The fourth-order valence-electron chi connectivity index (χ4n) is 1.02. The zero-order valence-electron chi connectivity index (χ0n) is 9.14. The summed E-state index contributed by atoms with van der Waals surface area (Å²) < 4.78 is 0. The summed E-state index contributed by atoms with van der Waals surface area (Å²) in [5, 5.41) is 9.76. The van der Waals surface area contributed by atoms with Gasteiger partial charge in [0.25, 0.3) is 5.91 Å². The zero-order chi connectivity index (χ0) is 12.0. The maximum absolute atomic E-state index is 11.7. The summed E-state index contributed by atoms with van der Waals surface area (Å²) in [6, 6.07) is -0.801. The molecular weight excluding hydrogens is 200 g/mol. The Morgan fingerprint density at radius 3 is 2.40 bits per heavy atom. The first-order valence-corrected chi connectivity index (χ1v) is 4.34. The highest BCUT2D eigenvalue weighted by Gasteiger charge is 2.28. The molecule has 0 aromatic rings. The molecule has 0 fully saturated rings. The van der Waals surface area contributed by atoms with Gasteiger partial charge in [0.05, 0.1) is 7.11 Å². The van der Waals surface area contributed by atoms with Crippen molar-refractivity contribution in [2.24, 2.45) is 0 Å². The van der Waals surface area contributed by atoms with E-state index in [-0.39, 0.29) is 6.42 Å². The molecule has 0 saturated heterocycles. The summed E-state index contributed by atoms with van der Waals surface area (Å²) in [7, 11) is 4.09. The Balaban J connectivity index is 4.71. The molecule has 1 unspecified atom stereocenters. The molecule has 6 heteroatoms. The molecule has 0 rings (SSSR count). The number of carbonyl (C=O) groups is 2. The van der Waals surface area contributed by atoms with Gasteiger partial charge in [0.1, 0.15) is 6.04 Å². The summed E-state index contributed by atoms with van der Waals surface area (Å²) >= 11 is 0. The van der Waals surface area contributed by atoms with E-state index < -0.39 is 18.0 Å². The predicted octanol–water partition coefficient (Wildman–Crippen LogP) is 0.561. The van der Waals surface area contributed by atoms with Gasteiger partial charge in [-0.25, -0.2) is 9.86 Å². The number of hydroxylamine groups is 2. The Morgan fingerprint density at radius 2 is 2.07 bits per heavy atom. The van der Waals surface area contributed by atoms with E-state index in [0.29, 0.717) is 0 Å². The predicted molar refractivity (Wildman–Crippen MR) is 54.2 cm³/mol. The van der Waals surface area contributed by atoms with Gasteiger partial charge in [0.2, 0.25) is 0 Å². The largest absolute Gasteiger partial charge is 0.465 e. The minimum atomic E-state index is -1.17. The normalized spacial score (nSPS) is 11.7. The van der Waals surface area contributed by atoms with E-state index in [9.17, 15) is 9.59 Å². The summed E-state index contributed by atoms with van der Waals surface area (Å²) in [4.78, 5) is 28.0. The lowest BCUT2D eigenvalue weighted by Crippen LogP contribution is -2.47. The lowest BCUT2D eigenvalue weighted by Gasteiger charge is -2.26. The third kappa shape index (κ3) is 3.59. The van der Waals surface area contributed by atoms with Crippen molar-refractivity contribution < 1.29 is 19.5 Å². The van der Waals surface area contributed by atoms with Gasteiger partial charge < -0.3 is 5.11 Å². The van der Waals surface area contributed by atoms with Gasteiger partial charge >= 0.3 is 6.09 Å². The van der Waals surface area contributed by atoms with E-state index in [4.69, 9.17) is 9.94 Å². The smallest absolute Gasteiger partial charge is 0.407 e. The lowest BCUT2D eigenvalue weighted by molar-refractivity contribution is -0.173. The van der Waals surface area contributed by atoms with E-state index in [2.05, 4.69) is 6.58 Å². The van der Waals surface area contributed by atoms with Gasteiger partial charge in [0.15, 0.2) is 0 Å². The first-order chi connectivity index (χ1) is 6.95. The standard InChI is InChI=1S/C9H16N2O4/c1-5-6-7(10(2)9(13)14)8(12)11(3)15-4/h5,7H,1,6H2,2-4H3,(H,13,14). The molecule has 0 spiro atoms. The quantitative estimate of drug-likeness (QED) is 0.538. The number of hydrogen-bond acceptors (Lipinski definition) is 3. The van der Waals surface area contributed by atoms with E-state index in [0.717, 1.165) is 9.96 Å². The maximum Gasteiger partial charge on any atom is 0.407 e. The molecule has 1 N–H and O–H groups in total. The third-order valence-corrected chi connectivity index (χ3v) is 2.03. The van der Waals surface area contributed by atoms with Crippen LogP contribution in [0.4, 0.5) is 4.79 Å². The minimum Gasteiger partial charge on any atom is -0.465 e. The molecule has 86 valence electrons. The van der Waals surface area contributed by atoms with Gasteiger partial charge in [-0.1, -0.05) is 6.08 Å². The second-order valence-electron chi connectivity index (χ2n) is 2.95. The number of rotatable bonds is 5. The molecular formula is C9H16N2O4. The van der Waals surface area contributed by atoms with Crippen molar-refractivity contribution in [1.29, 1.82) is 0 Å². The van der Waals surface area contributed by atoms with Crippen molar-refractivity contribution in [2.45, 2.75) is 12.5 Å². The summed E-state index contributed by atoms with van der Waals surface area (Å²) in [5.74, 6) is -0.428. The van der Waals surface area contributed by atoms with Crippen LogP contribution in [0.5, 0.6) is 0 Å². The molecule has 0 aliphatic rings. The second-order valence-corrected chi connectivity index (χ2v) is 2.95. The Kier molecular flexibility index (Phi) is 5.40. The lowest BCUT2D eigenvalue weighted by atomic mass is 10.1. The van der Waals surface area contributed by atoms with Crippen molar-refractivity contribution in [3.63, 3.8) is 0 Å². The molecule has 2 amide bonds. The number of nitrogens with zero attached hydrogens (tertiary/aromatic N) is 2. The van der Waals surface area contributed by atoms with E-state index in [1.807, 2.05) is 0 Å². The highest BCUT2D eigenvalue weighted by atomic mass is 16.7. The number of carbonyl (C=O) groups excluding carboxylic acids is 1. The molecule has 0 aliphatic carbocycles. The molecule has 0 aromatic carbocycles. The van der Waals surface area contributed by atoms with Crippen LogP contribution in [-0.2, 0) is 9.63 Å². The summed E-state index contributed by atoms with van der Waals surface area (Å²) in [6.07, 6.45) is 0.570. The fraction of sp³-hybridized carbons (Fsp3) is 0.556. The topological polar surface area (TPSA) is 70.1 Å². The van der Waals surface area contributed by atoms with Gasteiger partial charge in [-0.2, -0.15) is 0 Å². The highest BCUT2D eigenvalue weighted by molar-refractivity contribution is 5.84. The van der Waals surface area contributed by atoms with Crippen LogP contribution in [0.3, 0.4) is 0 Å². The van der Waals surface area contributed by atoms with Crippen LogP contribution in [0, 0.1) is 0 Å². The Hall–Kier alpha value is -1.56. The highest BCUT2D eigenvalue weighted by Crippen LogP contribution is 2.07. The Morgan fingerprint density at radius 1 is 1.53 bits per heavy atom. The number of likely N-dealkylation sites (N-methyl/N-ethyl adjacent to an activating group) is 2.